The molecule has 2 fully saturated rings. The number of ether oxygens (including phenoxy) is 1. The lowest BCUT2D eigenvalue weighted by Gasteiger charge is -2.29. The second-order valence-corrected chi connectivity index (χ2v) is 5.43. The molecule has 1 N–H and O–H groups in total. The largest absolute Gasteiger partial charge is 0.379 e. The second-order valence-electron chi connectivity index (χ2n) is 5.43. The second kappa shape index (κ2) is 6.53. The number of unbranched alkanes of at least 4 members (excludes halogenated alkanes) is 1. The van der Waals surface area contributed by atoms with Gasteiger partial charge in [-0.2, -0.15) is 0 Å². The summed E-state index contributed by atoms with van der Waals surface area (Å²) in [5, 5.41) is 3.52. The third kappa shape index (κ3) is 2.86. The van der Waals surface area contributed by atoms with Crippen molar-refractivity contribution >= 4 is 5.91 Å². The van der Waals surface area contributed by atoms with Crippen molar-refractivity contribution in [2.75, 3.05) is 13.2 Å². The van der Waals surface area contributed by atoms with Gasteiger partial charge in [0.2, 0.25) is 5.91 Å². The zero-order chi connectivity index (χ0) is 13.0. The molecule has 0 radical (unpaired) electrons. The maximum absolute atomic E-state index is 12.5. The van der Waals surface area contributed by atoms with E-state index in [0.717, 1.165) is 45.1 Å². The summed E-state index contributed by atoms with van der Waals surface area (Å²) in [5.74, 6) is 0.303. The van der Waals surface area contributed by atoms with E-state index in [0.29, 0.717) is 18.6 Å². The molecule has 4 nitrogen and oxygen atoms in total. The predicted molar refractivity (Wildman–Crippen MR) is 71.2 cm³/mol. The molecule has 3 unspecified atom stereocenters. The number of hydrogen-bond donors (Lipinski definition) is 1. The Morgan fingerprint density at radius 3 is 2.78 bits per heavy atom. The number of rotatable bonds is 6. The van der Waals surface area contributed by atoms with E-state index in [1.54, 1.807) is 0 Å². The van der Waals surface area contributed by atoms with Gasteiger partial charge in [-0.3, -0.25) is 10.1 Å². The number of carbonyl (C=O) groups excluding carboxylic acids is 1. The standard InChI is InChI=1S/C14H26N2O2/c1-3-5-7-12-14(17)16(11-8-9-18-10-11)13(15-12)6-4-2/h11-13,15H,3-10H2,1-2H3. The van der Waals surface area contributed by atoms with Crippen LogP contribution in [0.5, 0.6) is 0 Å². The molecule has 0 aromatic rings. The summed E-state index contributed by atoms with van der Waals surface area (Å²) in [6, 6.07) is 0.343. The first-order valence-corrected chi connectivity index (χ1v) is 7.43. The third-order valence-electron chi connectivity index (χ3n) is 3.99. The predicted octanol–water partition coefficient (Wildman–Crippen LogP) is 1.89. The van der Waals surface area contributed by atoms with E-state index in [-0.39, 0.29) is 12.2 Å². The molecular formula is C14H26N2O2. The van der Waals surface area contributed by atoms with Crippen molar-refractivity contribution in [1.82, 2.24) is 10.2 Å². The van der Waals surface area contributed by atoms with Crippen LogP contribution in [0.2, 0.25) is 0 Å². The van der Waals surface area contributed by atoms with E-state index < -0.39 is 0 Å². The minimum Gasteiger partial charge on any atom is -0.379 e. The Morgan fingerprint density at radius 1 is 1.33 bits per heavy atom. The minimum absolute atomic E-state index is 0.0436. The Labute approximate surface area is 110 Å². The van der Waals surface area contributed by atoms with Gasteiger partial charge in [0, 0.05) is 6.61 Å². The number of carbonyl (C=O) groups is 1. The molecule has 104 valence electrons. The monoisotopic (exact) mass is 254 g/mol. The Kier molecular flexibility index (Phi) is 5.01. The van der Waals surface area contributed by atoms with Crippen LogP contribution in [0.4, 0.5) is 0 Å². The van der Waals surface area contributed by atoms with Crippen molar-refractivity contribution in [2.45, 2.75) is 70.6 Å². The van der Waals surface area contributed by atoms with Gasteiger partial charge in [-0.1, -0.05) is 33.1 Å². The molecule has 0 aromatic heterocycles. The van der Waals surface area contributed by atoms with Crippen molar-refractivity contribution < 1.29 is 9.53 Å². The highest BCUT2D eigenvalue weighted by atomic mass is 16.5. The Morgan fingerprint density at radius 2 is 2.17 bits per heavy atom. The van der Waals surface area contributed by atoms with Gasteiger partial charge in [-0.25, -0.2) is 0 Å². The van der Waals surface area contributed by atoms with Crippen LogP contribution in [0, 0.1) is 0 Å². The van der Waals surface area contributed by atoms with E-state index in [1.807, 2.05) is 0 Å². The first kappa shape index (κ1) is 13.8. The lowest BCUT2D eigenvalue weighted by Crippen LogP contribution is -2.44. The maximum atomic E-state index is 12.5. The van der Waals surface area contributed by atoms with Crippen LogP contribution in [0.25, 0.3) is 0 Å². The van der Waals surface area contributed by atoms with E-state index >= 15 is 0 Å². The molecule has 0 saturated carbocycles. The average molecular weight is 254 g/mol. The SMILES string of the molecule is CCCCC1NC(CCC)N(C2CCOC2)C1=O. The summed E-state index contributed by atoms with van der Waals surface area (Å²) in [6.07, 6.45) is 6.62. The van der Waals surface area contributed by atoms with Crippen molar-refractivity contribution in [3.05, 3.63) is 0 Å². The first-order chi connectivity index (χ1) is 8.77. The van der Waals surface area contributed by atoms with E-state index in [2.05, 4.69) is 24.1 Å². The van der Waals surface area contributed by atoms with Crippen molar-refractivity contribution in [3.8, 4) is 0 Å². The topological polar surface area (TPSA) is 41.6 Å². The van der Waals surface area contributed by atoms with Gasteiger partial charge in [-0.05, 0) is 19.3 Å². The zero-order valence-corrected chi connectivity index (χ0v) is 11.7. The van der Waals surface area contributed by atoms with Gasteiger partial charge >= 0.3 is 0 Å². The fourth-order valence-electron chi connectivity index (χ4n) is 3.00. The van der Waals surface area contributed by atoms with Gasteiger partial charge < -0.3 is 9.64 Å². The molecule has 2 heterocycles. The number of nitrogens with zero attached hydrogens (tertiary/aromatic N) is 1. The molecule has 2 aliphatic heterocycles. The highest BCUT2D eigenvalue weighted by Gasteiger charge is 2.42. The summed E-state index contributed by atoms with van der Waals surface area (Å²) in [6.45, 7) is 5.86. The highest BCUT2D eigenvalue weighted by Crippen LogP contribution is 2.24. The van der Waals surface area contributed by atoms with Crippen LogP contribution in [0.1, 0.15) is 52.4 Å². The van der Waals surface area contributed by atoms with E-state index in [4.69, 9.17) is 4.74 Å². The summed E-state index contributed by atoms with van der Waals surface area (Å²) >= 11 is 0. The van der Waals surface area contributed by atoms with Gasteiger partial charge in [-0.15, -0.1) is 0 Å². The minimum atomic E-state index is 0.0436. The summed E-state index contributed by atoms with van der Waals surface area (Å²) in [5.41, 5.74) is 0. The molecule has 0 spiro atoms. The molecule has 0 aliphatic carbocycles. The summed E-state index contributed by atoms with van der Waals surface area (Å²) in [7, 11) is 0. The Balaban J connectivity index is 2.01. The van der Waals surface area contributed by atoms with Crippen molar-refractivity contribution in [2.24, 2.45) is 0 Å². The molecule has 4 heteroatoms. The van der Waals surface area contributed by atoms with Crippen molar-refractivity contribution in [1.29, 1.82) is 0 Å². The molecule has 2 aliphatic rings. The molecule has 0 aromatic carbocycles. The number of nitrogens with one attached hydrogen (secondary N) is 1. The quantitative estimate of drug-likeness (QED) is 0.787. The molecule has 2 rings (SSSR count). The summed E-state index contributed by atoms with van der Waals surface area (Å²) in [4.78, 5) is 14.6. The fourth-order valence-corrected chi connectivity index (χ4v) is 3.00. The van der Waals surface area contributed by atoms with Gasteiger partial charge in [0.25, 0.3) is 0 Å². The van der Waals surface area contributed by atoms with Gasteiger partial charge in [0.15, 0.2) is 0 Å². The molecular weight excluding hydrogens is 228 g/mol. The highest BCUT2D eigenvalue weighted by molar-refractivity contribution is 5.84. The van der Waals surface area contributed by atoms with Crippen LogP contribution in [-0.2, 0) is 9.53 Å². The fraction of sp³-hybridized carbons (Fsp3) is 0.929. The lowest BCUT2D eigenvalue weighted by molar-refractivity contribution is -0.132. The Hall–Kier alpha value is -0.610. The maximum Gasteiger partial charge on any atom is 0.241 e. The first-order valence-electron chi connectivity index (χ1n) is 7.43. The number of hydrogen-bond acceptors (Lipinski definition) is 3. The zero-order valence-electron chi connectivity index (χ0n) is 11.7. The van der Waals surface area contributed by atoms with Gasteiger partial charge in [0.05, 0.1) is 24.9 Å². The Bertz CT molecular complexity index is 277. The molecule has 0 bridgehead atoms. The molecule has 18 heavy (non-hydrogen) atoms. The third-order valence-corrected chi connectivity index (χ3v) is 3.99. The molecule has 1 amide bonds. The lowest BCUT2D eigenvalue weighted by atomic mass is 10.1. The average Bonchev–Trinajstić information content (AvgIpc) is 2.96. The normalized spacial score (nSPS) is 32.4. The van der Waals surface area contributed by atoms with Crippen LogP contribution >= 0.6 is 0 Å². The van der Waals surface area contributed by atoms with Gasteiger partial charge in [0.1, 0.15) is 0 Å². The van der Waals surface area contributed by atoms with E-state index in [1.165, 1.54) is 0 Å². The number of amides is 1. The summed E-state index contributed by atoms with van der Waals surface area (Å²) < 4.78 is 5.44. The van der Waals surface area contributed by atoms with Crippen LogP contribution in [-0.4, -0.2) is 42.3 Å². The van der Waals surface area contributed by atoms with Crippen LogP contribution in [0.3, 0.4) is 0 Å². The van der Waals surface area contributed by atoms with Crippen molar-refractivity contribution in [3.63, 3.8) is 0 Å². The smallest absolute Gasteiger partial charge is 0.241 e. The van der Waals surface area contributed by atoms with Crippen LogP contribution in [0.15, 0.2) is 0 Å². The van der Waals surface area contributed by atoms with E-state index in [9.17, 15) is 4.79 Å². The van der Waals surface area contributed by atoms with Crippen LogP contribution < -0.4 is 5.32 Å². The molecule has 3 atom stereocenters. The molecule has 2 saturated heterocycles.